The fourth-order valence-electron chi connectivity index (χ4n) is 2.89. The second kappa shape index (κ2) is 8.06. The van der Waals surface area contributed by atoms with E-state index in [4.69, 9.17) is 0 Å². The molecule has 1 fully saturated rings. The molecule has 1 saturated carbocycles. The van der Waals surface area contributed by atoms with Gasteiger partial charge >= 0.3 is 0 Å². The van der Waals surface area contributed by atoms with E-state index in [1.165, 1.54) is 25.7 Å². The van der Waals surface area contributed by atoms with Crippen molar-refractivity contribution in [3.8, 4) is 0 Å². The van der Waals surface area contributed by atoms with Crippen LogP contribution in [0.2, 0.25) is 0 Å². The SMILES string of the molecule is CCN(CCC(CO)NC(C)C)C1CCCC1. The number of aliphatic hydroxyl groups is 1. The molecule has 0 aromatic carbocycles. The Morgan fingerprint density at radius 3 is 2.41 bits per heavy atom. The Bertz CT molecular complexity index is 191. The molecule has 0 saturated heterocycles. The molecule has 102 valence electrons. The summed E-state index contributed by atoms with van der Waals surface area (Å²) < 4.78 is 0. The van der Waals surface area contributed by atoms with Gasteiger partial charge in [-0.2, -0.15) is 0 Å². The lowest BCUT2D eigenvalue weighted by molar-refractivity contribution is 0.172. The molecule has 1 aliphatic carbocycles. The second-order valence-corrected chi connectivity index (χ2v) is 5.56. The molecule has 1 unspecified atom stereocenters. The maximum absolute atomic E-state index is 9.34. The fourth-order valence-corrected chi connectivity index (χ4v) is 2.89. The summed E-state index contributed by atoms with van der Waals surface area (Å²) in [5.41, 5.74) is 0. The minimum atomic E-state index is 0.250. The van der Waals surface area contributed by atoms with E-state index in [0.717, 1.165) is 25.6 Å². The highest BCUT2D eigenvalue weighted by Crippen LogP contribution is 2.23. The molecule has 1 rings (SSSR count). The second-order valence-electron chi connectivity index (χ2n) is 5.56. The minimum Gasteiger partial charge on any atom is -0.395 e. The lowest BCUT2D eigenvalue weighted by atomic mass is 10.1. The first-order chi connectivity index (χ1) is 8.17. The third-order valence-corrected chi connectivity index (χ3v) is 3.80. The topological polar surface area (TPSA) is 35.5 Å². The van der Waals surface area contributed by atoms with Crippen LogP contribution in [0.15, 0.2) is 0 Å². The summed E-state index contributed by atoms with van der Waals surface area (Å²) >= 11 is 0. The van der Waals surface area contributed by atoms with E-state index in [0.29, 0.717) is 6.04 Å². The Morgan fingerprint density at radius 1 is 1.29 bits per heavy atom. The predicted octanol–water partition coefficient (Wildman–Crippen LogP) is 2.00. The number of hydrogen-bond donors (Lipinski definition) is 2. The third-order valence-electron chi connectivity index (χ3n) is 3.80. The highest BCUT2D eigenvalue weighted by molar-refractivity contribution is 4.78. The van der Waals surface area contributed by atoms with Crippen molar-refractivity contribution in [2.24, 2.45) is 0 Å². The number of nitrogens with zero attached hydrogens (tertiary/aromatic N) is 1. The van der Waals surface area contributed by atoms with Gasteiger partial charge in [0.1, 0.15) is 0 Å². The average Bonchev–Trinajstić information content (AvgIpc) is 2.81. The van der Waals surface area contributed by atoms with Gasteiger partial charge in [-0.3, -0.25) is 0 Å². The van der Waals surface area contributed by atoms with Gasteiger partial charge in [0, 0.05) is 18.1 Å². The molecule has 0 aliphatic heterocycles. The van der Waals surface area contributed by atoms with Crippen molar-refractivity contribution >= 4 is 0 Å². The molecule has 0 amide bonds. The van der Waals surface area contributed by atoms with E-state index >= 15 is 0 Å². The van der Waals surface area contributed by atoms with Crippen molar-refractivity contribution in [3.63, 3.8) is 0 Å². The van der Waals surface area contributed by atoms with Gasteiger partial charge in [0.05, 0.1) is 6.61 Å². The van der Waals surface area contributed by atoms with E-state index < -0.39 is 0 Å². The maximum Gasteiger partial charge on any atom is 0.0585 e. The zero-order chi connectivity index (χ0) is 12.7. The molecular weight excluding hydrogens is 212 g/mol. The van der Waals surface area contributed by atoms with Crippen LogP contribution >= 0.6 is 0 Å². The lowest BCUT2D eigenvalue weighted by Crippen LogP contribution is -2.42. The van der Waals surface area contributed by atoms with Crippen LogP contribution in [0.1, 0.15) is 52.9 Å². The molecule has 0 aromatic heterocycles. The summed E-state index contributed by atoms with van der Waals surface area (Å²) in [6, 6.07) is 1.51. The van der Waals surface area contributed by atoms with Crippen LogP contribution in [-0.4, -0.2) is 47.8 Å². The van der Waals surface area contributed by atoms with Crippen LogP contribution in [0.5, 0.6) is 0 Å². The first kappa shape index (κ1) is 14.9. The fraction of sp³-hybridized carbons (Fsp3) is 1.00. The Hall–Kier alpha value is -0.120. The molecule has 17 heavy (non-hydrogen) atoms. The van der Waals surface area contributed by atoms with Crippen molar-refractivity contribution in [1.29, 1.82) is 0 Å². The van der Waals surface area contributed by atoms with E-state index in [2.05, 4.69) is 31.0 Å². The molecule has 3 nitrogen and oxygen atoms in total. The summed E-state index contributed by atoms with van der Waals surface area (Å²) in [6.45, 7) is 9.04. The normalized spacial score (nSPS) is 19.4. The molecule has 0 heterocycles. The molecule has 0 radical (unpaired) electrons. The zero-order valence-corrected chi connectivity index (χ0v) is 11.8. The number of rotatable bonds is 8. The largest absolute Gasteiger partial charge is 0.395 e. The molecule has 1 aliphatic rings. The Kier molecular flexibility index (Phi) is 7.09. The lowest BCUT2D eigenvalue weighted by Gasteiger charge is -2.29. The zero-order valence-electron chi connectivity index (χ0n) is 11.8. The highest BCUT2D eigenvalue weighted by Gasteiger charge is 2.21. The van der Waals surface area contributed by atoms with E-state index in [1.54, 1.807) is 0 Å². The number of nitrogens with one attached hydrogen (secondary N) is 1. The Balaban J connectivity index is 2.29. The standard InChI is InChI=1S/C14H30N2O/c1-4-16(14-7-5-6-8-14)10-9-13(11-17)15-12(2)3/h12-15,17H,4-11H2,1-3H3. The summed E-state index contributed by atoms with van der Waals surface area (Å²) in [7, 11) is 0. The van der Waals surface area contributed by atoms with Crippen molar-refractivity contribution in [3.05, 3.63) is 0 Å². The number of aliphatic hydroxyl groups excluding tert-OH is 1. The van der Waals surface area contributed by atoms with Crippen LogP contribution in [0.4, 0.5) is 0 Å². The van der Waals surface area contributed by atoms with E-state index in [-0.39, 0.29) is 12.6 Å². The van der Waals surface area contributed by atoms with Gasteiger partial charge < -0.3 is 15.3 Å². The summed E-state index contributed by atoms with van der Waals surface area (Å²) in [5.74, 6) is 0. The van der Waals surface area contributed by atoms with Gasteiger partial charge in [-0.15, -0.1) is 0 Å². The quantitative estimate of drug-likeness (QED) is 0.683. The van der Waals surface area contributed by atoms with Crippen molar-refractivity contribution in [2.45, 2.75) is 71.0 Å². The van der Waals surface area contributed by atoms with Crippen LogP contribution < -0.4 is 5.32 Å². The maximum atomic E-state index is 9.34. The van der Waals surface area contributed by atoms with Crippen LogP contribution in [-0.2, 0) is 0 Å². The smallest absolute Gasteiger partial charge is 0.0585 e. The van der Waals surface area contributed by atoms with Gasteiger partial charge in [0.25, 0.3) is 0 Å². The minimum absolute atomic E-state index is 0.250. The van der Waals surface area contributed by atoms with Crippen molar-refractivity contribution in [1.82, 2.24) is 10.2 Å². The molecule has 1 atom stereocenters. The predicted molar refractivity (Wildman–Crippen MR) is 73.3 cm³/mol. The van der Waals surface area contributed by atoms with Crippen LogP contribution in [0.25, 0.3) is 0 Å². The molecule has 3 heteroatoms. The summed E-state index contributed by atoms with van der Waals surface area (Å²) in [4.78, 5) is 2.59. The van der Waals surface area contributed by atoms with Gasteiger partial charge in [-0.1, -0.05) is 33.6 Å². The monoisotopic (exact) mass is 242 g/mol. The molecule has 0 spiro atoms. The average molecular weight is 242 g/mol. The van der Waals surface area contributed by atoms with Crippen molar-refractivity contribution < 1.29 is 5.11 Å². The van der Waals surface area contributed by atoms with Gasteiger partial charge in [0.15, 0.2) is 0 Å². The Labute approximate surface area is 107 Å². The first-order valence-corrected chi connectivity index (χ1v) is 7.28. The third kappa shape index (κ3) is 5.36. The van der Waals surface area contributed by atoms with E-state index in [1.807, 2.05) is 0 Å². The molecular formula is C14H30N2O. The first-order valence-electron chi connectivity index (χ1n) is 7.28. The van der Waals surface area contributed by atoms with Crippen molar-refractivity contribution in [2.75, 3.05) is 19.7 Å². The molecule has 0 aromatic rings. The molecule has 2 N–H and O–H groups in total. The van der Waals surface area contributed by atoms with Gasteiger partial charge in [-0.05, 0) is 32.4 Å². The van der Waals surface area contributed by atoms with Gasteiger partial charge in [-0.25, -0.2) is 0 Å². The Morgan fingerprint density at radius 2 is 1.94 bits per heavy atom. The highest BCUT2D eigenvalue weighted by atomic mass is 16.3. The summed E-state index contributed by atoms with van der Waals surface area (Å²) in [6.07, 6.45) is 6.59. The van der Waals surface area contributed by atoms with Gasteiger partial charge in [0.2, 0.25) is 0 Å². The summed E-state index contributed by atoms with van der Waals surface area (Å²) in [5, 5.41) is 12.8. The molecule has 0 bridgehead atoms. The van der Waals surface area contributed by atoms with Crippen LogP contribution in [0, 0.1) is 0 Å². The van der Waals surface area contributed by atoms with E-state index in [9.17, 15) is 5.11 Å². The van der Waals surface area contributed by atoms with Crippen LogP contribution in [0.3, 0.4) is 0 Å². The number of hydrogen-bond acceptors (Lipinski definition) is 3.